The SMILES string of the molecule is Cc1nc(N2CCCCC2)cc(N2CCN(Cc3cnccn3)CC2)n1. The molecule has 2 aliphatic heterocycles. The second-order valence-electron chi connectivity index (χ2n) is 7.14. The Hall–Kier alpha value is -2.28. The van der Waals surface area contributed by atoms with Crippen LogP contribution in [0.1, 0.15) is 30.8 Å². The topological polar surface area (TPSA) is 61.3 Å². The molecule has 0 N–H and O–H groups in total. The number of nitrogens with zero attached hydrogens (tertiary/aromatic N) is 7. The molecule has 7 nitrogen and oxygen atoms in total. The Labute approximate surface area is 155 Å². The lowest BCUT2D eigenvalue weighted by Crippen LogP contribution is -2.46. The van der Waals surface area contributed by atoms with Gasteiger partial charge in [-0.25, -0.2) is 9.97 Å². The Morgan fingerprint density at radius 1 is 0.846 bits per heavy atom. The van der Waals surface area contributed by atoms with Gasteiger partial charge in [0.2, 0.25) is 0 Å². The Bertz CT molecular complexity index is 707. The van der Waals surface area contributed by atoms with E-state index in [1.54, 1.807) is 12.4 Å². The minimum atomic E-state index is 0.865. The van der Waals surface area contributed by atoms with Gasteiger partial charge in [-0.3, -0.25) is 14.9 Å². The first-order valence-corrected chi connectivity index (χ1v) is 9.61. The molecule has 0 radical (unpaired) electrons. The van der Waals surface area contributed by atoms with Crippen molar-refractivity contribution in [3.63, 3.8) is 0 Å². The number of piperazine rings is 1. The molecule has 2 aromatic heterocycles. The Balaban J connectivity index is 1.40. The van der Waals surface area contributed by atoms with Gasteiger partial charge in [-0.15, -0.1) is 0 Å². The van der Waals surface area contributed by atoms with Crippen LogP contribution in [0.3, 0.4) is 0 Å². The first kappa shape index (κ1) is 17.1. The fourth-order valence-corrected chi connectivity index (χ4v) is 3.76. The van der Waals surface area contributed by atoms with Crippen LogP contribution in [-0.2, 0) is 6.54 Å². The highest BCUT2D eigenvalue weighted by atomic mass is 15.3. The quantitative estimate of drug-likeness (QED) is 0.832. The third kappa shape index (κ3) is 4.09. The highest BCUT2D eigenvalue weighted by Crippen LogP contribution is 2.23. The summed E-state index contributed by atoms with van der Waals surface area (Å²) in [4.78, 5) is 25.2. The largest absolute Gasteiger partial charge is 0.356 e. The van der Waals surface area contributed by atoms with Gasteiger partial charge in [0.25, 0.3) is 0 Å². The molecular weight excluding hydrogens is 326 g/mol. The van der Waals surface area contributed by atoms with E-state index in [0.29, 0.717) is 0 Å². The minimum absolute atomic E-state index is 0.865. The standard InChI is InChI=1S/C19H27N7/c1-16-22-18(25-7-3-2-4-8-25)13-19(23-16)26-11-9-24(10-12-26)15-17-14-20-5-6-21-17/h5-6,13-14H,2-4,7-12,15H2,1H3. The van der Waals surface area contributed by atoms with E-state index in [2.05, 4.69) is 35.7 Å². The highest BCUT2D eigenvalue weighted by Gasteiger charge is 2.21. The van der Waals surface area contributed by atoms with Crippen molar-refractivity contribution in [2.75, 3.05) is 49.1 Å². The molecule has 0 amide bonds. The van der Waals surface area contributed by atoms with Crippen LogP contribution in [0, 0.1) is 6.92 Å². The van der Waals surface area contributed by atoms with E-state index in [9.17, 15) is 0 Å². The molecule has 0 saturated carbocycles. The Kier molecular flexibility index (Phi) is 5.24. The summed E-state index contributed by atoms with van der Waals surface area (Å²) in [5.74, 6) is 3.02. The molecule has 4 heterocycles. The van der Waals surface area contributed by atoms with Crippen molar-refractivity contribution in [2.24, 2.45) is 0 Å². The van der Waals surface area contributed by atoms with Crippen LogP contribution in [0.15, 0.2) is 24.7 Å². The predicted molar refractivity (Wildman–Crippen MR) is 102 cm³/mol. The van der Waals surface area contributed by atoms with Crippen LogP contribution in [0.2, 0.25) is 0 Å². The number of rotatable bonds is 4. The molecule has 0 spiro atoms. The molecule has 0 atom stereocenters. The van der Waals surface area contributed by atoms with Crippen molar-refractivity contribution in [2.45, 2.75) is 32.7 Å². The number of aromatic nitrogens is 4. The summed E-state index contributed by atoms with van der Waals surface area (Å²) in [6.07, 6.45) is 9.20. The van der Waals surface area contributed by atoms with Crippen molar-refractivity contribution >= 4 is 11.6 Å². The van der Waals surface area contributed by atoms with E-state index < -0.39 is 0 Å². The van der Waals surface area contributed by atoms with Gasteiger partial charge in [-0.1, -0.05) is 0 Å². The molecule has 0 aliphatic carbocycles. The molecular formula is C19H27N7. The van der Waals surface area contributed by atoms with E-state index >= 15 is 0 Å². The number of aryl methyl sites for hydroxylation is 1. The molecule has 2 aliphatic rings. The monoisotopic (exact) mass is 353 g/mol. The number of anilines is 2. The normalized spacial score (nSPS) is 19.0. The van der Waals surface area contributed by atoms with Gasteiger partial charge in [0.05, 0.1) is 5.69 Å². The number of piperidine rings is 1. The van der Waals surface area contributed by atoms with Gasteiger partial charge in [-0.2, -0.15) is 0 Å². The van der Waals surface area contributed by atoms with Crippen LogP contribution in [0.5, 0.6) is 0 Å². The fourth-order valence-electron chi connectivity index (χ4n) is 3.76. The molecule has 0 bridgehead atoms. The average Bonchev–Trinajstić information content (AvgIpc) is 2.70. The van der Waals surface area contributed by atoms with E-state index in [0.717, 1.165) is 69.0 Å². The van der Waals surface area contributed by atoms with Crippen molar-refractivity contribution in [1.82, 2.24) is 24.8 Å². The first-order chi connectivity index (χ1) is 12.8. The molecule has 138 valence electrons. The second-order valence-corrected chi connectivity index (χ2v) is 7.14. The van der Waals surface area contributed by atoms with Crippen LogP contribution in [0.25, 0.3) is 0 Å². The maximum Gasteiger partial charge on any atom is 0.134 e. The lowest BCUT2D eigenvalue weighted by Gasteiger charge is -2.36. The zero-order valence-electron chi connectivity index (χ0n) is 15.5. The van der Waals surface area contributed by atoms with Crippen LogP contribution in [-0.4, -0.2) is 64.1 Å². The van der Waals surface area contributed by atoms with Gasteiger partial charge < -0.3 is 9.80 Å². The number of hydrogen-bond acceptors (Lipinski definition) is 7. The zero-order valence-corrected chi connectivity index (χ0v) is 15.5. The van der Waals surface area contributed by atoms with E-state index in [-0.39, 0.29) is 0 Å². The molecule has 7 heteroatoms. The maximum atomic E-state index is 4.71. The van der Waals surface area contributed by atoms with Crippen LogP contribution >= 0.6 is 0 Å². The van der Waals surface area contributed by atoms with Crippen LogP contribution in [0.4, 0.5) is 11.6 Å². The second kappa shape index (κ2) is 7.95. The first-order valence-electron chi connectivity index (χ1n) is 9.61. The van der Waals surface area contributed by atoms with Crippen molar-refractivity contribution in [3.05, 3.63) is 36.2 Å². The average molecular weight is 353 g/mol. The molecule has 2 aromatic rings. The lowest BCUT2D eigenvalue weighted by molar-refractivity contribution is 0.246. The molecule has 26 heavy (non-hydrogen) atoms. The van der Waals surface area contributed by atoms with Gasteiger partial charge >= 0.3 is 0 Å². The lowest BCUT2D eigenvalue weighted by atomic mass is 10.1. The molecule has 0 unspecified atom stereocenters. The third-order valence-electron chi connectivity index (χ3n) is 5.19. The predicted octanol–water partition coefficient (Wildman–Crippen LogP) is 1.89. The Morgan fingerprint density at radius 3 is 2.19 bits per heavy atom. The minimum Gasteiger partial charge on any atom is -0.356 e. The van der Waals surface area contributed by atoms with Gasteiger partial charge in [0.15, 0.2) is 0 Å². The van der Waals surface area contributed by atoms with E-state index in [1.807, 2.05) is 13.1 Å². The summed E-state index contributed by atoms with van der Waals surface area (Å²) >= 11 is 0. The van der Waals surface area contributed by atoms with Gasteiger partial charge in [0.1, 0.15) is 17.5 Å². The summed E-state index contributed by atoms with van der Waals surface area (Å²) in [6, 6.07) is 2.18. The van der Waals surface area contributed by atoms with E-state index in [4.69, 9.17) is 4.98 Å². The maximum absolute atomic E-state index is 4.71. The van der Waals surface area contributed by atoms with Crippen LogP contribution < -0.4 is 9.80 Å². The highest BCUT2D eigenvalue weighted by molar-refractivity contribution is 5.51. The number of hydrogen-bond donors (Lipinski definition) is 0. The van der Waals surface area contributed by atoms with E-state index in [1.165, 1.54) is 19.3 Å². The van der Waals surface area contributed by atoms with Crippen molar-refractivity contribution < 1.29 is 0 Å². The van der Waals surface area contributed by atoms with Crippen molar-refractivity contribution in [3.8, 4) is 0 Å². The fraction of sp³-hybridized carbons (Fsp3) is 0.579. The summed E-state index contributed by atoms with van der Waals surface area (Å²) in [7, 11) is 0. The molecule has 2 fully saturated rings. The molecule has 0 aromatic carbocycles. The van der Waals surface area contributed by atoms with Crippen molar-refractivity contribution in [1.29, 1.82) is 0 Å². The Morgan fingerprint density at radius 2 is 1.54 bits per heavy atom. The molecule has 4 rings (SSSR count). The summed E-state index contributed by atoms with van der Waals surface area (Å²) in [6.45, 7) is 9.08. The smallest absolute Gasteiger partial charge is 0.134 e. The molecule has 2 saturated heterocycles. The summed E-state index contributed by atoms with van der Waals surface area (Å²) in [5.41, 5.74) is 1.03. The van der Waals surface area contributed by atoms with Gasteiger partial charge in [-0.05, 0) is 26.2 Å². The summed E-state index contributed by atoms with van der Waals surface area (Å²) in [5, 5.41) is 0. The van der Waals surface area contributed by atoms with Gasteiger partial charge in [0, 0.05) is 70.5 Å². The third-order valence-corrected chi connectivity index (χ3v) is 5.19. The summed E-state index contributed by atoms with van der Waals surface area (Å²) < 4.78 is 0. The zero-order chi connectivity index (χ0) is 17.8.